The van der Waals surface area contributed by atoms with Crippen LogP contribution >= 0.6 is 0 Å². The number of rotatable bonds is 4. The zero-order chi connectivity index (χ0) is 16.7. The Hall–Kier alpha value is -1.84. The van der Waals surface area contributed by atoms with Gasteiger partial charge in [-0.25, -0.2) is 9.18 Å². The third-order valence-corrected chi connectivity index (χ3v) is 6.18. The lowest BCUT2D eigenvalue weighted by atomic mass is 9.48. The van der Waals surface area contributed by atoms with Gasteiger partial charge < -0.3 is 9.47 Å². The van der Waals surface area contributed by atoms with Crippen molar-refractivity contribution in [3.63, 3.8) is 0 Å². The van der Waals surface area contributed by atoms with Gasteiger partial charge in [0.1, 0.15) is 0 Å². The van der Waals surface area contributed by atoms with Crippen molar-refractivity contribution >= 4 is 5.97 Å². The van der Waals surface area contributed by atoms with E-state index in [1.54, 1.807) is 12.1 Å². The van der Waals surface area contributed by atoms with Gasteiger partial charge in [0.25, 0.3) is 0 Å². The predicted octanol–water partition coefficient (Wildman–Crippen LogP) is 4.36. The lowest BCUT2D eigenvalue weighted by Crippen LogP contribution is -2.48. The van der Waals surface area contributed by atoms with Crippen LogP contribution in [0.15, 0.2) is 30.5 Å². The van der Waals surface area contributed by atoms with Gasteiger partial charge in [0.15, 0.2) is 11.6 Å². The fraction of sp³-hybridized carbons (Fsp3) is 0.550. The Morgan fingerprint density at radius 3 is 2.33 bits per heavy atom. The molecule has 4 aliphatic rings. The van der Waals surface area contributed by atoms with E-state index in [2.05, 4.69) is 4.74 Å². The van der Waals surface area contributed by atoms with Crippen molar-refractivity contribution in [2.24, 2.45) is 17.8 Å². The molecule has 0 aromatic heterocycles. The number of hydrogen-bond acceptors (Lipinski definition) is 3. The number of carbonyl (C=O) groups is 1. The molecule has 4 fully saturated rings. The predicted molar refractivity (Wildman–Crippen MR) is 88.0 cm³/mol. The van der Waals surface area contributed by atoms with Crippen LogP contribution in [0.25, 0.3) is 0 Å². The molecule has 3 nitrogen and oxygen atoms in total. The summed E-state index contributed by atoms with van der Waals surface area (Å²) in [6.07, 6.45) is 10.0. The minimum absolute atomic E-state index is 0.142. The second-order valence-electron chi connectivity index (χ2n) is 7.79. The molecule has 128 valence electrons. The highest BCUT2D eigenvalue weighted by Gasteiger charge is 2.51. The molecule has 4 aliphatic carbocycles. The number of benzene rings is 1. The van der Waals surface area contributed by atoms with Crippen molar-refractivity contribution in [1.82, 2.24) is 0 Å². The van der Waals surface area contributed by atoms with Crippen molar-refractivity contribution in [2.75, 3.05) is 7.11 Å². The zero-order valence-electron chi connectivity index (χ0n) is 14.0. The number of hydrogen-bond donors (Lipinski definition) is 0. The van der Waals surface area contributed by atoms with E-state index < -0.39 is 5.97 Å². The first-order chi connectivity index (χ1) is 11.6. The molecule has 4 heteroatoms. The van der Waals surface area contributed by atoms with Gasteiger partial charge in [-0.05, 0) is 79.4 Å². The van der Waals surface area contributed by atoms with E-state index in [-0.39, 0.29) is 17.0 Å². The summed E-state index contributed by atoms with van der Waals surface area (Å²) in [6.45, 7) is 0. The Balaban J connectivity index is 1.54. The molecular formula is C20H23FO3. The van der Waals surface area contributed by atoms with Crippen LogP contribution in [0.3, 0.4) is 0 Å². The van der Waals surface area contributed by atoms with Crippen molar-refractivity contribution in [3.8, 4) is 5.75 Å². The summed E-state index contributed by atoms with van der Waals surface area (Å²) in [7, 11) is 1.29. The average Bonchev–Trinajstić information content (AvgIpc) is 2.54. The lowest BCUT2D eigenvalue weighted by Gasteiger charge is -2.57. The number of esters is 1. The van der Waals surface area contributed by atoms with Gasteiger partial charge in [-0.15, -0.1) is 0 Å². The molecule has 0 atom stereocenters. The molecule has 0 radical (unpaired) electrons. The Bertz CT molecular complexity index is 644. The fourth-order valence-electron chi connectivity index (χ4n) is 5.62. The van der Waals surface area contributed by atoms with Gasteiger partial charge in [0.2, 0.25) is 0 Å². The second kappa shape index (κ2) is 5.91. The topological polar surface area (TPSA) is 35.5 Å². The van der Waals surface area contributed by atoms with Crippen LogP contribution in [-0.4, -0.2) is 13.1 Å². The van der Waals surface area contributed by atoms with E-state index in [4.69, 9.17) is 4.74 Å². The van der Waals surface area contributed by atoms with E-state index in [9.17, 15) is 9.18 Å². The highest BCUT2D eigenvalue weighted by Crippen LogP contribution is 2.60. The number of ether oxygens (including phenoxy) is 2. The normalized spacial score (nSPS) is 33.8. The second-order valence-corrected chi connectivity index (χ2v) is 7.79. The summed E-state index contributed by atoms with van der Waals surface area (Å²) in [5, 5.41) is 0. The third-order valence-electron chi connectivity index (χ3n) is 6.18. The van der Waals surface area contributed by atoms with Crippen molar-refractivity contribution in [2.45, 2.75) is 43.9 Å². The Labute approximate surface area is 141 Å². The fourth-order valence-corrected chi connectivity index (χ4v) is 5.62. The molecule has 4 saturated carbocycles. The van der Waals surface area contributed by atoms with Crippen LogP contribution in [0.2, 0.25) is 0 Å². The van der Waals surface area contributed by atoms with E-state index >= 15 is 0 Å². The molecule has 0 amide bonds. The summed E-state index contributed by atoms with van der Waals surface area (Å²) in [5.41, 5.74) is 1.30. The average molecular weight is 330 g/mol. The molecule has 0 aliphatic heterocycles. The molecule has 0 N–H and O–H groups in total. The van der Waals surface area contributed by atoms with Crippen LogP contribution in [0.4, 0.5) is 4.39 Å². The largest absolute Gasteiger partial charge is 0.466 e. The number of carbonyl (C=O) groups excluding carboxylic acids is 1. The van der Waals surface area contributed by atoms with Crippen LogP contribution in [0, 0.1) is 23.6 Å². The van der Waals surface area contributed by atoms with Crippen LogP contribution in [0.5, 0.6) is 5.75 Å². The SMILES string of the molecule is COC(=O)/C=C/Oc1ccc(C23CC4CC(CC(C4)C2)C3)cc1F. The number of methoxy groups -OCH3 is 1. The van der Waals surface area contributed by atoms with E-state index in [0.717, 1.165) is 35.7 Å². The zero-order valence-corrected chi connectivity index (χ0v) is 14.0. The number of halogens is 1. The summed E-state index contributed by atoms with van der Waals surface area (Å²) in [4.78, 5) is 11.0. The molecule has 0 saturated heterocycles. The van der Waals surface area contributed by atoms with Gasteiger partial charge in [0.05, 0.1) is 19.4 Å². The molecule has 24 heavy (non-hydrogen) atoms. The minimum atomic E-state index is -0.527. The lowest BCUT2D eigenvalue weighted by molar-refractivity contribution is -0.134. The molecule has 5 rings (SSSR count). The molecule has 0 spiro atoms. The van der Waals surface area contributed by atoms with Gasteiger partial charge in [-0.2, -0.15) is 0 Å². The van der Waals surface area contributed by atoms with E-state index in [0.29, 0.717) is 0 Å². The summed E-state index contributed by atoms with van der Waals surface area (Å²) < 4.78 is 24.2. The standard InChI is InChI=1S/C20H23FO3/c1-23-19(22)4-5-24-18-3-2-16(9-17(18)21)20-10-13-6-14(11-20)8-15(7-13)12-20/h2-5,9,13-15H,6-8,10-12H2,1H3/b5-4+. The molecular weight excluding hydrogens is 307 g/mol. The van der Waals surface area contributed by atoms with Gasteiger partial charge in [-0.1, -0.05) is 6.07 Å². The maximum Gasteiger partial charge on any atom is 0.333 e. The van der Waals surface area contributed by atoms with Gasteiger partial charge in [-0.3, -0.25) is 0 Å². The molecule has 1 aromatic carbocycles. The smallest absolute Gasteiger partial charge is 0.333 e. The van der Waals surface area contributed by atoms with Gasteiger partial charge >= 0.3 is 5.97 Å². The van der Waals surface area contributed by atoms with Crippen molar-refractivity contribution < 1.29 is 18.7 Å². The molecule has 0 unspecified atom stereocenters. The first-order valence-electron chi connectivity index (χ1n) is 8.79. The summed E-state index contributed by atoms with van der Waals surface area (Å²) >= 11 is 0. The Kier molecular flexibility index (Phi) is 3.86. The maximum absolute atomic E-state index is 14.5. The maximum atomic E-state index is 14.5. The summed E-state index contributed by atoms with van der Waals surface area (Å²) in [6, 6.07) is 5.34. The monoisotopic (exact) mass is 330 g/mol. The Morgan fingerprint density at radius 2 is 1.79 bits per heavy atom. The van der Waals surface area contributed by atoms with Crippen LogP contribution in [-0.2, 0) is 14.9 Å². The third kappa shape index (κ3) is 2.72. The van der Waals surface area contributed by atoms with E-state index in [1.807, 2.05) is 6.07 Å². The molecule has 4 bridgehead atoms. The van der Waals surface area contributed by atoms with E-state index in [1.165, 1.54) is 45.6 Å². The first-order valence-corrected chi connectivity index (χ1v) is 8.79. The highest BCUT2D eigenvalue weighted by molar-refractivity contribution is 5.81. The molecule has 0 heterocycles. The van der Waals surface area contributed by atoms with Crippen LogP contribution in [0.1, 0.15) is 44.1 Å². The first kappa shape index (κ1) is 15.7. The molecule has 1 aromatic rings. The summed E-state index contributed by atoms with van der Waals surface area (Å²) in [5.74, 6) is 1.75. The Morgan fingerprint density at radius 1 is 1.17 bits per heavy atom. The van der Waals surface area contributed by atoms with Crippen molar-refractivity contribution in [1.29, 1.82) is 0 Å². The highest BCUT2D eigenvalue weighted by atomic mass is 19.1. The van der Waals surface area contributed by atoms with Crippen molar-refractivity contribution in [3.05, 3.63) is 41.9 Å². The van der Waals surface area contributed by atoms with Gasteiger partial charge in [0, 0.05) is 0 Å². The van der Waals surface area contributed by atoms with Crippen LogP contribution < -0.4 is 4.74 Å². The minimum Gasteiger partial charge on any atom is -0.466 e. The quantitative estimate of drug-likeness (QED) is 0.467.